The number of hydrogen-bond donors (Lipinski definition) is 2. The molecule has 0 heterocycles. The van der Waals surface area contributed by atoms with Crippen LogP contribution >= 0.6 is 23.4 Å². The third-order valence-electron chi connectivity index (χ3n) is 5.83. The Morgan fingerprint density at radius 3 is 2.42 bits per heavy atom. The number of ether oxygens (including phenoxy) is 1. The number of thioether (sulfide) groups is 1. The maximum Gasteiger partial charge on any atom is 0.330 e. The molecule has 2 N–H and O–H groups in total. The third-order valence-corrected chi connectivity index (χ3v) is 7.10. The van der Waals surface area contributed by atoms with Crippen molar-refractivity contribution in [2.45, 2.75) is 29.7 Å². The van der Waals surface area contributed by atoms with Crippen LogP contribution in [-0.2, 0) is 24.1 Å². The Labute approximate surface area is 202 Å². The fourth-order valence-corrected chi connectivity index (χ4v) is 5.37. The summed E-state index contributed by atoms with van der Waals surface area (Å²) in [6.07, 6.45) is 1.34. The van der Waals surface area contributed by atoms with Crippen molar-refractivity contribution in [2.75, 3.05) is 12.9 Å². The van der Waals surface area contributed by atoms with Gasteiger partial charge in [0.25, 0.3) is 5.91 Å². The van der Waals surface area contributed by atoms with Crippen molar-refractivity contribution < 1.29 is 19.4 Å². The highest BCUT2D eigenvalue weighted by atomic mass is 35.5. The van der Waals surface area contributed by atoms with Gasteiger partial charge in [-0.05, 0) is 53.4 Å². The largest absolute Gasteiger partial charge is 0.496 e. The zero-order chi connectivity index (χ0) is 23.4. The minimum Gasteiger partial charge on any atom is -0.496 e. The van der Waals surface area contributed by atoms with Gasteiger partial charge in [0, 0.05) is 29.2 Å². The lowest BCUT2D eigenvalue weighted by atomic mass is 9.95. The molecule has 0 atom stereocenters. The molecule has 7 heteroatoms. The third kappa shape index (κ3) is 5.18. The first-order valence-electron chi connectivity index (χ1n) is 10.6. The van der Waals surface area contributed by atoms with E-state index in [2.05, 4.69) is 5.32 Å². The van der Waals surface area contributed by atoms with Crippen molar-refractivity contribution in [1.82, 2.24) is 5.32 Å². The first-order chi connectivity index (χ1) is 15.9. The van der Waals surface area contributed by atoms with E-state index in [0.717, 1.165) is 33.8 Å². The summed E-state index contributed by atoms with van der Waals surface area (Å²) in [4.78, 5) is 26.1. The number of aliphatic carboxylic acids is 1. The molecule has 5 nitrogen and oxygen atoms in total. The average molecular weight is 482 g/mol. The van der Waals surface area contributed by atoms with Gasteiger partial charge in [-0.2, -0.15) is 0 Å². The van der Waals surface area contributed by atoms with E-state index in [-0.39, 0.29) is 12.8 Å². The normalized spacial score (nSPS) is 13.9. The molecule has 1 aliphatic rings. The molecule has 1 aliphatic carbocycles. The fourth-order valence-electron chi connectivity index (χ4n) is 4.10. The molecule has 0 radical (unpaired) electrons. The topological polar surface area (TPSA) is 75.6 Å². The molecule has 0 saturated heterocycles. The summed E-state index contributed by atoms with van der Waals surface area (Å²) in [6.45, 7) is 0. The number of fused-ring (bicyclic) bond motifs is 1. The number of benzene rings is 3. The van der Waals surface area contributed by atoms with Crippen LogP contribution in [0.15, 0.2) is 71.6 Å². The lowest BCUT2D eigenvalue weighted by Gasteiger charge is -2.25. The number of hydrogen-bond acceptors (Lipinski definition) is 4. The van der Waals surface area contributed by atoms with Gasteiger partial charge in [-0.15, -0.1) is 11.8 Å². The highest BCUT2D eigenvalue weighted by Gasteiger charge is 2.45. The minimum atomic E-state index is -1.35. The molecule has 0 fully saturated rings. The van der Waals surface area contributed by atoms with Gasteiger partial charge in [-0.25, -0.2) is 4.79 Å². The summed E-state index contributed by atoms with van der Waals surface area (Å²) in [5.41, 5.74) is 2.09. The fraction of sp³-hybridized carbons (Fsp3) is 0.231. The van der Waals surface area contributed by atoms with E-state index in [9.17, 15) is 14.7 Å². The average Bonchev–Trinajstić information content (AvgIpc) is 3.18. The molecule has 170 valence electrons. The Hall–Kier alpha value is -2.96. The van der Waals surface area contributed by atoms with Crippen LogP contribution in [0.5, 0.6) is 5.75 Å². The number of carbonyl (C=O) groups excluding carboxylic acids is 1. The van der Waals surface area contributed by atoms with Crippen molar-refractivity contribution in [3.05, 3.63) is 94.0 Å². The number of aryl methyl sites for hydroxylation is 1. The predicted molar refractivity (Wildman–Crippen MR) is 131 cm³/mol. The van der Waals surface area contributed by atoms with Crippen LogP contribution in [0.3, 0.4) is 0 Å². The summed E-state index contributed by atoms with van der Waals surface area (Å²) < 4.78 is 5.47. The van der Waals surface area contributed by atoms with E-state index >= 15 is 0 Å². The highest BCUT2D eigenvalue weighted by Crippen LogP contribution is 2.33. The summed E-state index contributed by atoms with van der Waals surface area (Å²) in [6, 6.07) is 20.5. The molecule has 1 amide bonds. The van der Waals surface area contributed by atoms with Crippen LogP contribution < -0.4 is 10.1 Å². The minimum absolute atomic E-state index is 0.266. The van der Waals surface area contributed by atoms with Crippen molar-refractivity contribution in [3.63, 3.8) is 0 Å². The van der Waals surface area contributed by atoms with Crippen molar-refractivity contribution in [2.24, 2.45) is 0 Å². The standard InChI is InChI=1S/C26H24ClNO4S/c1-32-22-10-9-18(14-23(22)33-12-11-17-5-4-8-21(27)13-17)24(29)28-26(25(30)31)15-19-6-2-3-7-20(19)16-26/h2-10,13-14H,11-12,15-16H2,1H3,(H,28,29)(H,30,31). The predicted octanol–water partition coefficient (Wildman–Crippen LogP) is 5.04. The number of carboxylic acids is 1. The van der Waals surface area contributed by atoms with E-state index in [1.54, 1.807) is 37.1 Å². The highest BCUT2D eigenvalue weighted by molar-refractivity contribution is 7.99. The van der Waals surface area contributed by atoms with E-state index < -0.39 is 17.4 Å². The number of halogens is 1. The van der Waals surface area contributed by atoms with Gasteiger partial charge >= 0.3 is 5.97 Å². The summed E-state index contributed by atoms with van der Waals surface area (Å²) >= 11 is 7.64. The van der Waals surface area contributed by atoms with E-state index in [0.29, 0.717) is 16.3 Å². The molecule has 0 spiro atoms. The van der Waals surface area contributed by atoms with Gasteiger partial charge in [-0.1, -0.05) is 48.0 Å². The smallest absolute Gasteiger partial charge is 0.330 e. The molecule has 0 aromatic heterocycles. The van der Waals surface area contributed by atoms with Crippen LogP contribution in [0.1, 0.15) is 27.0 Å². The second kappa shape index (κ2) is 9.89. The zero-order valence-electron chi connectivity index (χ0n) is 18.1. The number of rotatable bonds is 8. The molecule has 0 unspecified atom stereocenters. The van der Waals surface area contributed by atoms with Gasteiger partial charge in [0.2, 0.25) is 0 Å². The second-order valence-corrected chi connectivity index (χ2v) is 9.63. The number of carboxylic acid groups (broad SMARTS) is 1. The molecule has 4 rings (SSSR count). The van der Waals surface area contributed by atoms with E-state index in [1.807, 2.05) is 48.5 Å². The van der Waals surface area contributed by atoms with Gasteiger partial charge < -0.3 is 15.2 Å². The maximum absolute atomic E-state index is 13.1. The molecule has 3 aromatic carbocycles. The van der Waals surface area contributed by atoms with Crippen LogP contribution in [0.25, 0.3) is 0 Å². The van der Waals surface area contributed by atoms with Gasteiger partial charge in [0.1, 0.15) is 11.3 Å². The Morgan fingerprint density at radius 1 is 1.06 bits per heavy atom. The van der Waals surface area contributed by atoms with Crippen molar-refractivity contribution in [1.29, 1.82) is 0 Å². The van der Waals surface area contributed by atoms with Crippen LogP contribution in [0.2, 0.25) is 5.02 Å². The zero-order valence-corrected chi connectivity index (χ0v) is 19.7. The first-order valence-corrected chi connectivity index (χ1v) is 11.9. The molecule has 3 aromatic rings. The number of carbonyl (C=O) groups is 2. The monoisotopic (exact) mass is 481 g/mol. The van der Waals surface area contributed by atoms with Gasteiger partial charge in [0.15, 0.2) is 0 Å². The molecular formula is C26H24ClNO4S. The molecule has 33 heavy (non-hydrogen) atoms. The Bertz CT molecular complexity index is 1170. The Morgan fingerprint density at radius 2 is 1.79 bits per heavy atom. The lowest BCUT2D eigenvalue weighted by molar-refractivity contribution is -0.144. The first kappa shape index (κ1) is 23.2. The van der Waals surface area contributed by atoms with Crippen LogP contribution in [0, 0.1) is 0 Å². The SMILES string of the molecule is COc1ccc(C(=O)NC2(C(=O)O)Cc3ccccc3C2)cc1SCCc1cccc(Cl)c1. The van der Waals surface area contributed by atoms with E-state index in [4.69, 9.17) is 16.3 Å². The summed E-state index contributed by atoms with van der Waals surface area (Å²) in [5.74, 6) is 0.000896. The summed E-state index contributed by atoms with van der Waals surface area (Å²) in [7, 11) is 1.59. The molecule has 0 aliphatic heterocycles. The molecular weight excluding hydrogens is 458 g/mol. The van der Waals surface area contributed by atoms with Crippen molar-refractivity contribution >= 4 is 35.2 Å². The number of methoxy groups -OCH3 is 1. The lowest BCUT2D eigenvalue weighted by Crippen LogP contribution is -2.55. The quantitative estimate of drug-likeness (QED) is 0.441. The van der Waals surface area contributed by atoms with E-state index in [1.165, 1.54) is 0 Å². The Kier molecular flexibility index (Phi) is 6.96. The van der Waals surface area contributed by atoms with Gasteiger partial charge in [-0.3, -0.25) is 4.79 Å². The second-order valence-electron chi connectivity index (χ2n) is 8.06. The Balaban J connectivity index is 1.49. The summed E-state index contributed by atoms with van der Waals surface area (Å²) in [5, 5.41) is 13.5. The van der Waals surface area contributed by atoms with Gasteiger partial charge in [0.05, 0.1) is 12.0 Å². The van der Waals surface area contributed by atoms with Crippen LogP contribution in [-0.4, -0.2) is 35.4 Å². The van der Waals surface area contributed by atoms with Crippen molar-refractivity contribution in [3.8, 4) is 5.75 Å². The maximum atomic E-state index is 13.1. The number of amides is 1. The van der Waals surface area contributed by atoms with Crippen LogP contribution in [0.4, 0.5) is 0 Å². The molecule has 0 saturated carbocycles. The molecule has 0 bridgehead atoms. The number of nitrogens with one attached hydrogen (secondary N) is 1.